The summed E-state index contributed by atoms with van der Waals surface area (Å²) in [6.45, 7) is 0. The van der Waals surface area contributed by atoms with Crippen molar-refractivity contribution in [2.75, 3.05) is 0 Å². The Morgan fingerprint density at radius 2 is 0.800 bits per heavy atom. The van der Waals surface area contributed by atoms with Crippen LogP contribution in [0.2, 0.25) is 0 Å². The molecule has 56 valence electrons. The predicted octanol–water partition coefficient (Wildman–Crippen LogP) is -5.38. The zero-order chi connectivity index (χ0) is 7.15. The van der Waals surface area contributed by atoms with Crippen molar-refractivity contribution in [1.29, 1.82) is 0 Å². The fraction of sp³-hybridized carbons (Fsp3) is 0. The Hall–Kier alpha value is 3.27. The zero-order valence-corrected chi connectivity index (χ0v) is 14.8. The van der Waals surface area contributed by atoms with Crippen LogP contribution in [-0.2, 0) is 67.4 Å². The first kappa shape index (κ1) is 23.2. The van der Waals surface area contributed by atoms with Crippen molar-refractivity contribution in [1.82, 2.24) is 0 Å². The molecular formula is BaNiO6Zr2. The van der Waals surface area contributed by atoms with Crippen LogP contribution in [0.1, 0.15) is 0 Å². The molecule has 0 aromatic rings. The molecule has 0 spiro atoms. The molecule has 0 aliphatic carbocycles. The summed E-state index contributed by atoms with van der Waals surface area (Å²) in [6, 6.07) is 0. The molecule has 0 aromatic heterocycles. The summed E-state index contributed by atoms with van der Waals surface area (Å²) < 4.78 is 51.7. The Morgan fingerprint density at radius 1 is 0.800 bits per heavy atom. The molecule has 10 heavy (non-hydrogen) atoms. The van der Waals surface area contributed by atoms with Crippen LogP contribution in [0, 0.1) is 0 Å². The van der Waals surface area contributed by atoms with Gasteiger partial charge in [0.1, 0.15) is 0 Å². The topological polar surface area (TPSA) is 126 Å². The van der Waals surface area contributed by atoms with E-state index >= 15 is 0 Å². The van der Waals surface area contributed by atoms with Gasteiger partial charge in [-0.3, -0.25) is 0 Å². The van der Waals surface area contributed by atoms with Gasteiger partial charge < -0.3 is 0 Å². The summed E-state index contributed by atoms with van der Waals surface area (Å²) >= 11 is -8.59. The number of hydrogen-bond acceptors (Lipinski definition) is 6. The van der Waals surface area contributed by atoms with E-state index in [4.69, 9.17) is 18.4 Å². The summed E-state index contributed by atoms with van der Waals surface area (Å²) in [5.41, 5.74) is 0. The molecule has 0 N–H and O–H groups in total. The Balaban J connectivity index is -0.0000000300. The van der Waals surface area contributed by atoms with Gasteiger partial charge in [0, 0.05) is 0 Å². The van der Waals surface area contributed by atoms with Crippen LogP contribution in [0.3, 0.4) is 0 Å². The van der Waals surface area contributed by atoms with Gasteiger partial charge in [0.15, 0.2) is 0 Å². The molecule has 0 unspecified atom stereocenters. The van der Waals surface area contributed by atoms with Crippen molar-refractivity contribution >= 4 is 48.9 Å². The maximum absolute atomic E-state index is 8.61. The van der Waals surface area contributed by atoms with Gasteiger partial charge in [-0.1, -0.05) is 0 Å². The average Bonchev–Trinajstić information content (AvgIpc) is 1.25. The van der Waals surface area contributed by atoms with E-state index < -0.39 is 45.3 Å². The molecule has 0 saturated heterocycles. The van der Waals surface area contributed by atoms with Crippen molar-refractivity contribution in [2.45, 2.75) is 0 Å². The van der Waals surface area contributed by atoms with Gasteiger partial charge in [-0.15, -0.1) is 0 Å². The van der Waals surface area contributed by atoms with Gasteiger partial charge in [0.2, 0.25) is 0 Å². The van der Waals surface area contributed by atoms with Crippen LogP contribution < -0.4 is 12.7 Å². The summed E-state index contributed by atoms with van der Waals surface area (Å²) in [4.78, 5) is 0. The fourth-order valence-corrected chi connectivity index (χ4v) is 0. The van der Waals surface area contributed by atoms with Crippen LogP contribution in [0.5, 0.6) is 0 Å². The molecule has 0 aliphatic heterocycles. The van der Waals surface area contributed by atoms with Crippen LogP contribution in [0.4, 0.5) is 0 Å². The molecule has 0 amide bonds. The minimum absolute atomic E-state index is 0. The average molecular weight is 474 g/mol. The molecule has 0 bridgehead atoms. The van der Waals surface area contributed by atoms with Crippen molar-refractivity contribution in [3.8, 4) is 0 Å². The number of rotatable bonds is 0. The van der Waals surface area contributed by atoms with Gasteiger partial charge in [0.05, 0.1) is 0 Å². The molecule has 6 nitrogen and oxygen atoms in total. The SMILES string of the molecule is [Ba+2].[Ni+2].[O]=[Zr]([O-])[O-].[O]=[Zr]([O-])[O-]. The summed E-state index contributed by atoms with van der Waals surface area (Å²) in [5.74, 6) is 0. The Labute approximate surface area is 126 Å². The molecule has 0 heterocycles. The van der Waals surface area contributed by atoms with E-state index in [2.05, 4.69) is 0 Å². The van der Waals surface area contributed by atoms with E-state index in [1.165, 1.54) is 0 Å². The van der Waals surface area contributed by atoms with Gasteiger partial charge >= 0.3 is 129 Å². The molecule has 0 radical (unpaired) electrons. The van der Waals surface area contributed by atoms with E-state index in [1.54, 1.807) is 0 Å². The maximum atomic E-state index is 8.61. The first-order valence-electron chi connectivity index (χ1n) is 1.22. The normalized spacial score (nSPS) is 5.20. The van der Waals surface area contributed by atoms with Crippen molar-refractivity contribution in [3.05, 3.63) is 0 Å². The van der Waals surface area contributed by atoms with Crippen molar-refractivity contribution in [3.63, 3.8) is 0 Å². The molecular weight excluding hydrogens is 474 g/mol. The molecule has 0 saturated carbocycles. The Bertz CT molecular complexity index is 73.7. The van der Waals surface area contributed by atoms with E-state index in [1.807, 2.05) is 0 Å². The van der Waals surface area contributed by atoms with Crippen LogP contribution in [0.25, 0.3) is 0 Å². The van der Waals surface area contributed by atoms with Crippen molar-refractivity contribution < 1.29 is 80.1 Å². The van der Waals surface area contributed by atoms with Crippen LogP contribution >= 0.6 is 0 Å². The molecule has 0 aliphatic rings. The van der Waals surface area contributed by atoms with E-state index in [9.17, 15) is 0 Å². The third kappa shape index (κ3) is 111. The predicted molar refractivity (Wildman–Crippen MR) is 7.13 cm³/mol. The van der Waals surface area contributed by atoms with Gasteiger partial charge in [-0.05, 0) is 0 Å². The molecule has 0 fully saturated rings. The van der Waals surface area contributed by atoms with Gasteiger partial charge in [-0.2, -0.15) is 0 Å². The quantitative estimate of drug-likeness (QED) is 0.323. The standard InChI is InChI=1S/Ba.Ni.6O.2Zr/q2*+2;;;4*-1;;. The van der Waals surface area contributed by atoms with E-state index in [0.29, 0.717) is 0 Å². The van der Waals surface area contributed by atoms with Crippen molar-refractivity contribution in [2.24, 2.45) is 0 Å². The molecule has 0 aromatic carbocycles. The molecule has 0 atom stereocenters. The Morgan fingerprint density at radius 3 is 0.800 bits per heavy atom. The van der Waals surface area contributed by atoms with Crippen LogP contribution in [-0.4, -0.2) is 48.9 Å². The molecule has 10 heteroatoms. The zero-order valence-electron chi connectivity index (χ0n) is 4.47. The first-order valence-corrected chi connectivity index (χ1v) is 7.25. The van der Waals surface area contributed by atoms with Gasteiger partial charge in [0.25, 0.3) is 0 Å². The summed E-state index contributed by atoms with van der Waals surface area (Å²) in [6.07, 6.45) is 0. The first-order chi connectivity index (χ1) is 3.46. The van der Waals surface area contributed by atoms with Crippen LogP contribution in [0.15, 0.2) is 0 Å². The second-order valence-corrected chi connectivity index (χ2v) is 2.96. The Kier molecular flexibility index (Phi) is 42.2. The number of hydrogen-bond donors (Lipinski definition) is 0. The van der Waals surface area contributed by atoms with Gasteiger partial charge in [-0.25, -0.2) is 0 Å². The minimum atomic E-state index is -4.29. The summed E-state index contributed by atoms with van der Waals surface area (Å²) in [5, 5.41) is 0. The molecule has 0 rings (SSSR count). The fourth-order valence-electron chi connectivity index (χ4n) is 0. The second-order valence-electron chi connectivity index (χ2n) is 0.500. The third-order valence-electron chi connectivity index (χ3n) is 0. The third-order valence-corrected chi connectivity index (χ3v) is 0. The monoisotopic (exact) mass is 472 g/mol. The second kappa shape index (κ2) is 18.1. The van der Waals surface area contributed by atoms with E-state index in [-0.39, 0.29) is 65.4 Å². The summed E-state index contributed by atoms with van der Waals surface area (Å²) in [7, 11) is 0. The van der Waals surface area contributed by atoms with E-state index in [0.717, 1.165) is 0 Å².